The van der Waals surface area contributed by atoms with Gasteiger partial charge >= 0.3 is 0 Å². The first-order chi connectivity index (χ1) is 20.5. The highest BCUT2D eigenvalue weighted by Gasteiger charge is 2.25. The van der Waals surface area contributed by atoms with E-state index in [1.165, 1.54) is 21.7 Å². The van der Waals surface area contributed by atoms with Gasteiger partial charge in [0.05, 0.1) is 29.8 Å². The van der Waals surface area contributed by atoms with E-state index in [0.717, 1.165) is 66.2 Å². The maximum Gasteiger partial charge on any atom is 0.256 e. The number of piperazine rings is 1. The lowest BCUT2D eigenvalue weighted by atomic mass is 9.97. The van der Waals surface area contributed by atoms with Crippen molar-refractivity contribution in [2.45, 2.75) is 20.0 Å². The zero-order valence-corrected chi connectivity index (χ0v) is 24.2. The summed E-state index contributed by atoms with van der Waals surface area (Å²) in [5, 5.41) is 4.81. The summed E-state index contributed by atoms with van der Waals surface area (Å²) in [6.45, 7) is 6.71. The SMILES string of the molecule is Cc1ncn(Cc2ccc3ccccc3c2)c1Cn1cc(C(=O)N2CCN(C)CC2)c(-c2cccc3ccccc23)c1. The maximum absolute atomic E-state index is 14.0. The minimum absolute atomic E-state index is 0.103. The van der Waals surface area contributed by atoms with Crippen LogP contribution in [-0.2, 0) is 13.1 Å². The smallest absolute Gasteiger partial charge is 0.256 e. The third-order valence-corrected chi connectivity index (χ3v) is 8.63. The summed E-state index contributed by atoms with van der Waals surface area (Å²) in [5.41, 5.74) is 6.21. The number of rotatable bonds is 6. The summed E-state index contributed by atoms with van der Waals surface area (Å²) in [4.78, 5) is 23.0. The molecule has 7 rings (SSSR count). The van der Waals surface area contributed by atoms with Gasteiger partial charge in [0.2, 0.25) is 0 Å². The van der Waals surface area contributed by atoms with Crippen LogP contribution in [0.15, 0.2) is 104 Å². The summed E-state index contributed by atoms with van der Waals surface area (Å²) in [7, 11) is 2.11. The molecule has 1 aliphatic rings. The monoisotopic (exact) mass is 553 g/mol. The zero-order chi connectivity index (χ0) is 28.6. The van der Waals surface area contributed by atoms with Crippen LogP contribution in [0.3, 0.4) is 0 Å². The molecule has 1 saturated heterocycles. The quantitative estimate of drug-likeness (QED) is 0.238. The van der Waals surface area contributed by atoms with Crippen molar-refractivity contribution in [3.8, 4) is 11.1 Å². The number of likely N-dealkylation sites (N-methyl/N-ethyl adjacent to an activating group) is 1. The number of carbonyl (C=O) groups is 1. The average Bonchev–Trinajstić information content (AvgIpc) is 3.60. The first-order valence-corrected chi connectivity index (χ1v) is 14.7. The molecule has 210 valence electrons. The number of benzene rings is 4. The number of nitrogens with zero attached hydrogens (tertiary/aromatic N) is 5. The molecular weight excluding hydrogens is 518 g/mol. The molecule has 0 atom stereocenters. The van der Waals surface area contributed by atoms with Crippen LogP contribution in [0.4, 0.5) is 0 Å². The number of imidazole rings is 1. The van der Waals surface area contributed by atoms with Gasteiger partial charge in [0.25, 0.3) is 5.91 Å². The average molecular weight is 554 g/mol. The molecule has 1 amide bonds. The number of aryl methyl sites for hydroxylation is 1. The van der Waals surface area contributed by atoms with E-state index >= 15 is 0 Å². The van der Waals surface area contributed by atoms with Gasteiger partial charge in [0.15, 0.2) is 0 Å². The van der Waals surface area contributed by atoms with Crippen LogP contribution in [0.5, 0.6) is 0 Å². The Hall–Kier alpha value is -4.68. The van der Waals surface area contributed by atoms with Crippen LogP contribution in [0.2, 0.25) is 0 Å². The fourth-order valence-corrected chi connectivity index (χ4v) is 6.18. The molecule has 1 aliphatic heterocycles. The Balaban J connectivity index is 1.26. The van der Waals surface area contributed by atoms with E-state index in [9.17, 15) is 4.79 Å². The molecule has 0 radical (unpaired) electrons. The molecule has 1 fully saturated rings. The highest BCUT2D eigenvalue weighted by molar-refractivity contribution is 6.06. The van der Waals surface area contributed by atoms with Crippen LogP contribution >= 0.6 is 0 Å². The van der Waals surface area contributed by atoms with Gasteiger partial charge in [-0.05, 0) is 52.7 Å². The minimum Gasteiger partial charge on any atom is -0.347 e. The molecular formula is C36H35N5O. The van der Waals surface area contributed by atoms with Gasteiger partial charge in [0, 0.05) is 50.7 Å². The van der Waals surface area contributed by atoms with E-state index in [2.05, 4.69) is 124 Å². The Kier molecular flexibility index (Phi) is 6.84. The van der Waals surface area contributed by atoms with E-state index in [-0.39, 0.29) is 5.91 Å². The molecule has 6 aromatic rings. The second-order valence-corrected chi connectivity index (χ2v) is 11.5. The molecule has 3 heterocycles. The Morgan fingerprint density at radius 1 is 0.762 bits per heavy atom. The summed E-state index contributed by atoms with van der Waals surface area (Å²) in [5.74, 6) is 0.103. The van der Waals surface area contributed by atoms with E-state index in [1.54, 1.807) is 0 Å². The fraction of sp³-hybridized carbons (Fsp3) is 0.222. The largest absolute Gasteiger partial charge is 0.347 e. The van der Waals surface area contributed by atoms with Gasteiger partial charge in [0.1, 0.15) is 0 Å². The Bertz CT molecular complexity index is 1900. The molecule has 6 heteroatoms. The molecule has 0 saturated carbocycles. The highest BCUT2D eigenvalue weighted by atomic mass is 16.2. The number of hydrogen-bond donors (Lipinski definition) is 0. The lowest BCUT2D eigenvalue weighted by molar-refractivity contribution is 0.0665. The lowest BCUT2D eigenvalue weighted by Crippen LogP contribution is -2.47. The Morgan fingerprint density at radius 2 is 1.50 bits per heavy atom. The number of fused-ring (bicyclic) bond motifs is 2. The summed E-state index contributed by atoms with van der Waals surface area (Å²) < 4.78 is 4.40. The molecule has 4 aromatic carbocycles. The van der Waals surface area contributed by atoms with E-state index in [1.807, 2.05) is 17.4 Å². The number of hydrogen-bond acceptors (Lipinski definition) is 3. The van der Waals surface area contributed by atoms with Crippen LogP contribution in [0.25, 0.3) is 32.7 Å². The molecule has 0 aliphatic carbocycles. The summed E-state index contributed by atoms with van der Waals surface area (Å²) in [6, 6.07) is 29.9. The molecule has 0 N–H and O–H groups in total. The van der Waals surface area contributed by atoms with Gasteiger partial charge < -0.3 is 18.9 Å². The fourth-order valence-electron chi connectivity index (χ4n) is 6.18. The second kappa shape index (κ2) is 11.0. The third-order valence-electron chi connectivity index (χ3n) is 8.63. The van der Waals surface area contributed by atoms with Gasteiger partial charge in [-0.2, -0.15) is 0 Å². The van der Waals surface area contributed by atoms with E-state index < -0.39 is 0 Å². The molecule has 42 heavy (non-hydrogen) atoms. The third kappa shape index (κ3) is 4.99. The van der Waals surface area contributed by atoms with Gasteiger partial charge in [-0.25, -0.2) is 4.98 Å². The van der Waals surface area contributed by atoms with Crippen molar-refractivity contribution in [3.05, 3.63) is 126 Å². The topological polar surface area (TPSA) is 46.3 Å². The first-order valence-electron chi connectivity index (χ1n) is 14.7. The van der Waals surface area contributed by atoms with Crippen molar-refractivity contribution in [2.75, 3.05) is 33.2 Å². The molecule has 0 unspecified atom stereocenters. The van der Waals surface area contributed by atoms with Crippen molar-refractivity contribution in [3.63, 3.8) is 0 Å². The number of carbonyl (C=O) groups excluding carboxylic acids is 1. The summed E-state index contributed by atoms with van der Waals surface area (Å²) in [6.07, 6.45) is 6.13. The van der Waals surface area contributed by atoms with Crippen molar-refractivity contribution in [1.29, 1.82) is 0 Å². The molecule has 0 bridgehead atoms. The number of amides is 1. The van der Waals surface area contributed by atoms with Crippen LogP contribution in [0, 0.1) is 6.92 Å². The van der Waals surface area contributed by atoms with Crippen LogP contribution in [-0.4, -0.2) is 63.1 Å². The van der Waals surface area contributed by atoms with Crippen molar-refractivity contribution < 1.29 is 4.79 Å². The van der Waals surface area contributed by atoms with Crippen molar-refractivity contribution in [1.82, 2.24) is 23.9 Å². The normalized spacial score (nSPS) is 14.2. The lowest BCUT2D eigenvalue weighted by Gasteiger charge is -2.32. The Labute approximate surface area is 246 Å². The Morgan fingerprint density at radius 3 is 2.33 bits per heavy atom. The molecule has 0 spiro atoms. The van der Waals surface area contributed by atoms with Crippen LogP contribution in [0.1, 0.15) is 27.3 Å². The van der Waals surface area contributed by atoms with E-state index in [4.69, 9.17) is 0 Å². The maximum atomic E-state index is 14.0. The van der Waals surface area contributed by atoms with Gasteiger partial charge in [-0.1, -0.05) is 78.9 Å². The van der Waals surface area contributed by atoms with Crippen molar-refractivity contribution in [2.24, 2.45) is 0 Å². The summed E-state index contributed by atoms with van der Waals surface area (Å²) >= 11 is 0. The van der Waals surface area contributed by atoms with E-state index in [0.29, 0.717) is 6.54 Å². The van der Waals surface area contributed by atoms with Gasteiger partial charge in [-0.15, -0.1) is 0 Å². The van der Waals surface area contributed by atoms with Crippen LogP contribution < -0.4 is 0 Å². The predicted octanol–water partition coefficient (Wildman–Crippen LogP) is 6.45. The highest BCUT2D eigenvalue weighted by Crippen LogP contribution is 2.33. The molecule has 6 nitrogen and oxygen atoms in total. The predicted molar refractivity (Wildman–Crippen MR) is 170 cm³/mol. The zero-order valence-electron chi connectivity index (χ0n) is 24.2. The standard InChI is InChI=1S/C36H35N5O/c1-26-35(41(25-37-26)21-27-14-15-28-8-3-4-10-30(28)20-27)24-39-22-33(32-13-7-11-29-9-5-6-12-31(29)32)34(23-39)36(42)40-18-16-38(2)17-19-40/h3-15,20,22-23,25H,16-19,21,24H2,1-2H3. The second-order valence-electron chi connectivity index (χ2n) is 11.5. The minimum atomic E-state index is 0.103. The number of aromatic nitrogens is 3. The van der Waals surface area contributed by atoms with Gasteiger partial charge in [-0.3, -0.25) is 4.79 Å². The molecule has 2 aromatic heterocycles. The first kappa shape index (κ1) is 26.2. The van der Waals surface area contributed by atoms with Crippen molar-refractivity contribution >= 4 is 27.5 Å².